The number of likely N-dealkylation sites (tertiary alicyclic amines) is 1. The average Bonchev–Trinajstić information content (AvgIpc) is 3.63. The van der Waals surface area contributed by atoms with Gasteiger partial charge in [0.2, 0.25) is 5.88 Å². The number of carboxylic acids is 2. The second-order valence-corrected chi connectivity index (χ2v) is 9.71. The normalized spacial score (nSPS) is 17.5. The highest BCUT2D eigenvalue weighted by molar-refractivity contribution is 5.73. The van der Waals surface area contributed by atoms with Crippen LogP contribution in [0.4, 0.5) is 32.0 Å². The van der Waals surface area contributed by atoms with E-state index in [2.05, 4.69) is 39.2 Å². The van der Waals surface area contributed by atoms with Crippen LogP contribution in [0.25, 0.3) is 5.65 Å². The van der Waals surface area contributed by atoms with Crippen molar-refractivity contribution in [3.63, 3.8) is 0 Å². The van der Waals surface area contributed by atoms with Crippen LogP contribution in [0.15, 0.2) is 36.7 Å². The fourth-order valence-corrected chi connectivity index (χ4v) is 4.60. The van der Waals surface area contributed by atoms with Gasteiger partial charge in [-0.3, -0.25) is 4.90 Å². The van der Waals surface area contributed by atoms with Crippen molar-refractivity contribution in [2.45, 2.75) is 50.5 Å². The largest absolute Gasteiger partial charge is 0.490 e. The SMILES string of the molecule is COc1ncccc1CN1CCCC(c2nc3ccc(N4CCCC4)cn3n2)C1.O=C(O)C(F)(F)F.O=C(O)C(F)(F)F. The fourth-order valence-electron chi connectivity index (χ4n) is 4.60. The Kier molecular flexibility index (Phi) is 11.1. The first-order chi connectivity index (χ1) is 20.2. The monoisotopic (exact) mass is 620 g/mol. The van der Waals surface area contributed by atoms with Crippen LogP contribution in [0.5, 0.6) is 5.88 Å². The minimum absolute atomic E-state index is 0.363. The second kappa shape index (κ2) is 14.3. The average molecular weight is 621 g/mol. The van der Waals surface area contributed by atoms with E-state index < -0.39 is 24.3 Å². The molecule has 2 N–H and O–H groups in total. The highest BCUT2D eigenvalue weighted by Crippen LogP contribution is 2.28. The van der Waals surface area contributed by atoms with Crippen LogP contribution in [0.3, 0.4) is 0 Å². The molecule has 0 radical (unpaired) electrons. The van der Waals surface area contributed by atoms with E-state index in [1.165, 1.54) is 18.5 Å². The molecule has 2 fully saturated rings. The zero-order chi connectivity index (χ0) is 31.8. The molecule has 0 amide bonds. The molecule has 0 aliphatic carbocycles. The van der Waals surface area contributed by atoms with Gasteiger partial charge in [-0.15, -0.1) is 0 Å². The molecule has 11 nitrogen and oxygen atoms in total. The predicted molar refractivity (Wildman–Crippen MR) is 140 cm³/mol. The van der Waals surface area contributed by atoms with Gasteiger partial charge < -0.3 is 19.8 Å². The maximum Gasteiger partial charge on any atom is 0.490 e. The van der Waals surface area contributed by atoms with Gasteiger partial charge in [0.15, 0.2) is 11.5 Å². The van der Waals surface area contributed by atoms with Crippen molar-refractivity contribution in [1.29, 1.82) is 0 Å². The van der Waals surface area contributed by atoms with Gasteiger partial charge in [0.1, 0.15) is 0 Å². The van der Waals surface area contributed by atoms with E-state index in [0.717, 1.165) is 68.5 Å². The molecule has 3 aromatic rings. The predicted octanol–water partition coefficient (Wildman–Crippen LogP) is 4.38. The molecule has 0 saturated carbocycles. The number of ether oxygens (including phenoxy) is 1. The molecule has 5 rings (SSSR count). The first-order valence-corrected chi connectivity index (χ1v) is 13.1. The van der Waals surface area contributed by atoms with Crippen LogP contribution >= 0.6 is 0 Å². The lowest BCUT2D eigenvalue weighted by Gasteiger charge is -2.31. The van der Waals surface area contributed by atoms with Crippen LogP contribution in [0, 0.1) is 0 Å². The number of hydrogen-bond donors (Lipinski definition) is 2. The molecule has 17 heteroatoms. The van der Waals surface area contributed by atoms with Crippen LogP contribution < -0.4 is 9.64 Å². The van der Waals surface area contributed by atoms with E-state index in [4.69, 9.17) is 34.6 Å². The summed E-state index contributed by atoms with van der Waals surface area (Å²) in [6.07, 6.45) is -1.41. The van der Waals surface area contributed by atoms with Crippen LogP contribution in [-0.2, 0) is 16.1 Å². The number of rotatable bonds is 5. The molecule has 0 bridgehead atoms. The summed E-state index contributed by atoms with van der Waals surface area (Å²) in [5, 5.41) is 19.1. The molecule has 1 atom stereocenters. The molecular weight excluding hydrogens is 590 g/mol. The molecule has 0 spiro atoms. The summed E-state index contributed by atoms with van der Waals surface area (Å²) in [7, 11) is 1.68. The number of halogens is 6. The van der Waals surface area contributed by atoms with Crippen LogP contribution in [0.1, 0.15) is 43.0 Å². The Labute approximate surface area is 241 Å². The minimum Gasteiger partial charge on any atom is -0.481 e. The third kappa shape index (κ3) is 9.69. The Morgan fingerprint density at radius 2 is 1.60 bits per heavy atom. The van der Waals surface area contributed by atoms with Gasteiger partial charge in [-0.1, -0.05) is 6.07 Å². The Morgan fingerprint density at radius 1 is 0.977 bits per heavy atom. The standard InChI is InChI=1S/C22H28N6O.2C2HF3O2/c1-29-22-18(6-4-10-23-22)15-26-11-5-7-17(14-26)21-24-20-9-8-19(16-28(20)25-21)27-12-2-3-13-27;2*3-2(4,5)1(6)7/h4,6,8-10,16-17H,2-3,5,7,11-15H2,1H3;2*(H,6,7). The van der Waals surface area contributed by atoms with Crippen molar-refractivity contribution in [3.8, 4) is 5.88 Å². The Hall–Kier alpha value is -4.15. The molecule has 5 heterocycles. The van der Waals surface area contributed by atoms with E-state index in [1.54, 1.807) is 13.3 Å². The fraction of sp³-hybridized carbons (Fsp3) is 0.500. The molecule has 3 aromatic heterocycles. The van der Waals surface area contributed by atoms with Crippen molar-refractivity contribution in [3.05, 3.63) is 48.0 Å². The van der Waals surface area contributed by atoms with E-state index in [1.807, 2.05) is 10.6 Å². The minimum atomic E-state index is -5.08. The molecule has 2 aliphatic rings. The zero-order valence-electron chi connectivity index (χ0n) is 23.0. The highest BCUT2D eigenvalue weighted by Gasteiger charge is 2.39. The second-order valence-electron chi connectivity index (χ2n) is 9.71. The maximum absolute atomic E-state index is 10.6. The number of hydrogen-bond acceptors (Lipinski definition) is 8. The molecule has 1 unspecified atom stereocenters. The first-order valence-electron chi connectivity index (χ1n) is 13.1. The van der Waals surface area contributed by atoms with E-state index in [9.17, 15) is 26.3 Å². The third-order valence-electron chi connectivity index (χ3n) is 6.60. The number of anilines is 1. The highest BCUT2D eigenvalue weighted by atomic mass is 19.4. The zero-order valence-corrected chi connectivity index (χ0v) is 23.0. The van der Waals surface area contributed by atoms with Gasteiger partial charge in [0.25, 0.3) is 0 Å². The summed E-state index contributed by atoms with van der Waals surface area (Å²) >= 11 is 0. The molecule has 2 saturated heterocycles. The summed E-state index contributed by atoms with van der Waals surface area (Å²) in [5.41, 5.74) is 3.32. The van der Waals surface area contributed by atoms with Gasteiger partial charge in [-0.25, -0.2) is 24.1 Å². The summed E-state index contributed by atoms with van der Waals surface area (Å²) in [4.78, 5) is 31.9. The van der Waals surface area contributed by atoms with Crippen LogP contribution in [-0.4, -0.2) is 92.3 Å². The Morgan fingerprint density at radius 3 is 2.19 bits per heavy atom. The number of carbonyl (C=O) groups is 2. The Bertz CT molecular complexity index is 1350. The maximum atomic E-state index is 10.6. The van der Waals surface area contributed by atoms with E-state index in [0.29, 0.717) is 5.92 Å². The number of pyridine rings is 2. The van der Waals surface area contributed by atoms with E-state index in [-0.39, 0.29) is 0 Å². The molecular formula is C26H30F6N6O5. The number of aromatic nitrogens is 4. The van der Waals surface area contributed by atoms with Gasteiger partial charge in [-0.05, 0) is 50.4 Å². The van der Waals surface area contributed by atoms with Crippen LogP contribution in [0.2, 0.25) is 0 Å². The number of alkyl halides is 6. The summed E-state index contributed by atoms with van der Waals surface area (Å²) in [6.45, 7) is 5.18. The summed E-state index contributed by atoms with van der Waals surface area (Å²) < 4.78 is 70.9. The summed E-state index contributed by atoms with van der Waals surface area (Å²) in [5.74, 6) is -3.47. The quantitative estimate of drug-likeness (QED) is 0.396. The summed E-state index contributed by atoms with van der Waals surface area (Å²) in [6, 6.07) is 8.35. The van der Waals surface area contributed by atoms with Gasteiger partial charge >= 0.3 is 24.3 Å². The lowest BCUT2D eigenvalue weighted by molar-refractivity contribution is -0.193. The number of aliphatic carboxylic acids is 2. The van der Waals surface area contributed by atoms with Gasteiger partial charge in [0, 0.05) is 43.9 Å². The van der Waals surface area contributed by atoms with Crippen molar-refractivity contribution < 1.29 is 50.9 Å². The van der Waals surface area contributed by atoms with Crippen molar-refractivity contribution >= 4 is 23.3 Å². The van der Waals surface area contributed by atoms with Crippen molar-refractivity contribution in [1.82, 2.24) is 24.5 Å². The Balaban J connectivity index is 0.000000303. The number of nitrogens with zero attached hydrogens (tertiary/aromatic N) is 6. The third-order valence-corrected chi connectivity index (χ3v) is 6.60. The van der Waals surface area contributed by atoms with Crippen molar-refractivity contribution in [2.75, 3.05) is 38.2 Å². The van der Waals surface area contributed by atoms with Crippen molar-refractivity contribution in [2.24, 2.45) is 0 Å². The van der Waals surface area contributed by atoms with E-state index >= 15 is 0 Å². The number of methoxy groups -OCH3 is 1. The topological polar surface area (TPSA) is 133 Å². The lowest BCUT2D eigenvalue weighted by atomic mass is 9.97. The number of piperidine rings is 1. The molecule has 236 valence electrons. The molecule has 0 aromatic carbocycles. The van der Waals surface area contributed by atoms with Gasteiger partial charge in [0.05, 0.1) is 19.0 Å². The smallest absolute Gasteiger partial charge is 0.481 e. The number of fused-ring (bicyclic) bond motifs is 1. The number of carboxylic acid groups (broad SMARTS) is 2. The first kappa shape index (κ1) is 33.4. The molecule has 2 aliphatic heterocycles. The lowest BCUT2D eigenvalue weighted by Crippen LogP contribution is -2.34. The van der Waals surface area contributed by atoms with Gasteiger partial charge in [-0.2, -0.15) is 31.4 Å². The molecule has 43 heavy (non-hydrogen) atoms.